The minimum absolute atomic E-state index is 0.444. The minimum Gasteiger partial charge on any atom is -0.311 e. The lowest BCUT2D eigenvalue weighted by Crippen LogP contribution is -2.24. The molecule has 0 rings (SSSR count). The predicted octanol–water partition coefficient (Wildman–Crippen LogP) is 1.97. The summed E-state index contributed by atoms with van der Waals surface area (Å²) in [5.41, 5.74) is 1.61. The van der Waals surface area contributed by atoms with E-state index < -0.39 is 5.78 Å². The number of carbonyl (C=O) groups is 1. The molecule has 3 nitrogen and oxygen atoms in total. The summed E-state index contributed by atoms with van der Waals surface area (Å²) in [5.74, 6) is -0.476. The summed E-state index contributed by atoms with van der Waals surface area (Å²) < 4.78 is 0. The standard InChI is InChI=1S/C12H18N2O/c1-9(2)14-8-10(3)5-6-11(4)12(15)7-13/h5-6,9,14H,8H2,1-4H3/b10-5+,11-6+. The van der Waals surface area contributed by atoms with Gasteiger partial charge in [0, 0.05) is 18.2 Å². The lowest BCUT2D eigenvalue weighted by atomic mass is 10.1. The highest BCUT2D eigenvalue weighted by atomic mass is 16.1. The highest BCUT2D eigenvalue weighted by molar-refractivity contribution is 6.06. The maximum Gasteiger partial charge on any atom is 0.257 e. The van der Waals surface area contributed by atoms with E-state index in [9.17, 15) is 4.79 Å². The third-order valence-electron chi connectivity index (χ3n) is 1.87. The van der Waals surface area contributed by atoms with Gasteiger partial charge in [0.15, 0.2) is 0 Å². The largest absolute Gasteiger partial charge is 0.311 e. The molecule has 0 spiro atoms. The topological polar surface area (TPSA) is 52.9 Å². The second-order valence-corrected chi connectivity index (χ2v) is 3.84. The van der Waals surface area contributed by atoms with E-state index in [1.807, 2.05) is 13.0 Å². The van der Waals surface area contributed by atoms with Crippen molar-refractivity contribution in [3.8, 4) is 6.07 Å². The second kappa shape index (κ2) is 6.97. The van der Waals surface area contributed by atoms with Crippen molar-refractivity contribution in [1.82, 2.24) is 5.32 Å². The van der Waals surface area contributed by atoms with Gasteiger partial charge in [0.1, 0.15) is 6.07 Å². The minimum atomic E-state index is -0.476. The Morgan fingerprint density at radius 2 is 2.00 bits per heavy atom. The Hall–Kier alpha value is -1.40. The van der Waals surface area contributed by atoms with Gasteiger partial charge in [0.2, 0.25) is 0 Å². The molecule has 15 heavy (non-hydrogen) atoms. The van der Waals surface area contributed by atoms with Gasteiger partial charge in [-0.15, -0.1) is 0 Å². The highest BCUT2D eigenvalue weighted by Gasteiger charge is 1.99. The van der Waals surface area contributed by atoms with Gasteiger partial charge >= 0.3 is 0 Å². The number of carbonyl (C=O) groups excluding carboxylic acids is 1. The maximum absolute atomic E-state index is 10.9. The monoisotopic (exact) mass is 206 g/mol. The summed E-state index contributed by atoms with van der Waals surface area (Å²) >= 11 is 0. The second-order valence-electron chi connectivity index (χ2n) is 3.84. The molecule has 0 radical (unpaired) electrons. The van der Waals surface area contributed by atoms with Crippen LogP contribution in [0.4, 0.5) is 0 Å². The smallest absolute Gasteiger partial charge is 0.257 e. The number of ketones is 1. The number of nitrogens with zero attached hydrogens (tertiary/aromatic N) is 1. The van der Waals surface area contributed by atoms with Crippen LogP contribution < -0.4 is 5.32 Å². The van der Waals surface area contributed by atoms with E-state index in [2.05, 4.69) is 19.2 Å². The van der Waals surface area contributed by atoms with Crippen LogP contribution in [-0.2, 0) is 4.79 Å². The van der Waals surface area contributed by atoms with Crippen LogP contribution in [0.1, 0.15) is 27.7 Å². The quantitative estimate of drug-likeness (QED) is 0.425. The SMILES string of the molecule is C/C(=C\C=C(/C)C(=O)C#N)CNC(C)C. The summed E-state index contributed by atoms with van der Waals surface area (Å²) in [4.78, 5) is 10.9. The molecular formula is C12H18N2O. The molecule has 0 saturated heterocycles. The van der Waals surface area contributed by atoms with Crippen molar-refractivity contribution < 1.29 is 4.79 Å². The van der Waals surface area contributed by atoms with Crippen molar-refractivity contribution in [2.24, 2.45) is 0 Å². The molecule has 3 heteroatoms. The van der Waals surface area contributed by atoms with E-state index in [0.717, 1.165) is 12.1 Å². The zero-order chi connectivity index (χ0) is 11.8. The Morgan fingerprint density at radius 1 is 1.40 bits per heavy atom. The van der Waals surface area contributed by atoms with Crippen LogP contribution in [0.2, 0.25) is 0 Å². The molecule has 0 aromatic rings. The number of allylic oxidation sites excluding steroid dienone is 3. The fraction of sp³-hybridized carbons (Fsp3) is 0.500. The molecule has 0 aliphatic rings. The van der Waals surface area contributed by atoms with Gasteiger partial charge in [-0.05, 0) is 13.8 Å². The van der Waals surface area contributed by atoms with Crippen molar-refractivity contribution in [3.05, 3.63) is 23.3 Å². The maximum atomic E-state index is 10.9. The molecule has 0 bridgehead atoms. The summed E-state index contributed by atoms with van der Waals surface area (Å²) in [7, 11) is 0. The van der Waals surface area contributed by atoms with Crippen LogP contribution in [-0.4, -0.2) is 18.4 Å². The van der Waals surface area contributed by atoms with Crippen molar-refractivity contribution in [2.75, 3.05) is 6.54 Å². The van der Waals surface area contributed by atoms with E-state index >= 15 is 0 Å². The molecular weight excluding hydrogens is 188 g/mol. The van der Waals surface area contributed by atoms with Gasteiger partial charge in [-0.3, -0.25) is 4.79 Å². The fourth-order valence-electron chi connectivity index (χ4n) is 0.855. The number of hydrogen-bond donors (Lipinski definition) is 1. The van der Waals surface area contributed by atoms with E-state index in [1.165, 1.54) is 0 Å². The van der Waals surface area contributed by atoms with Crippen LogP contribution in [0.25, 0.3) is 0 Å². The lowest BCUT2D eigenvalue weighted by molar-refractivity contribution is -0.110. The number of rotatable bonds is 5. The first kappa shape index (κ1) is 13.6. The number of nitrogens with one attached hydrogen (secondary N) is 1. The van der Waals surface area contributed by atoms with Gasteiger partial charge in [0.25, 0.3) is 5.78 Å². The third-order valence-corrected chi connectivity index (χ3v) is 1.87. The van der Waals surface area contributed by atoms with Crippen molar-refractivity contribution in [3.63, 3.8) is 0 Å². The molecule has 0 heterocycles. The summed E-state index contributed by atoms with van der Waals surface area (Å²) in [6, 6.07) is 2.03. The highest BCUT2D eigenvalue weighted by Crippen LogP contribution is 1.98. The van der Waals surface area contributed by atoms with Crippen LogP contribution in [0, 0.1) is 11.3 Å². The van der Waals surface area contributed by atoms with Crippen molar-refractivity contribution in [1.29, 1.82) is 5.26 Å². The Balaban J connectivity index is 4.27. The Kier molecular flexibility index (Phi) is 6.32. The third kappa shape index (κ3) is 6.64. The molecule has 0 unspecified atom stereocenters. The molecule has 0 aliphatic carbocycles. The number of hydrogen-bond acceptors (Lipinski definition) is 3. The molecule has 0 amide bonds. The van der Waals surface area contributed by atoms with Gasteiger partial charge < -0.3 is 5.32 Å². The molecule has 82 valence electrons. The van der Waals surface area contributed by atoms with Crippen LogP contribution in [0.15, 0.2) is 23.3 Å². The van der Waals surface area contributed by atoms with Crippen molar-refractivity contribution >= 4 is 5.78 Å². The van der Waals surface area contributed by atoms with E-state index in [1.54, 1.807) is 19.1 Å². The molecule has 0 saturated carbocycles. The number of nitriles is 1. The summed E-state index contributed by atoms with van der Waals surface area (Å²) in [6.07, 6.45) is 3.54. The van der Waals surface area contributed by atoms with Gasteiger partial charge in [0.05, 0.1) is 0 Å². The van der Waals surface area contributed by atoms with E-state index in [4.69, 9.17) is 5.26 Å². The molecule has 0 fully saturated rings. The summed E-state index contributed by atoms with van der Waals surface area (Å²) in [6.45, 7) is 8.57. The van der Waals surface area contributed by atoms with Gasteiger partial charge in [-0.2, -0.15) is 5.26 Å². The normalized spacial score (nSPS) is 12.8. The predicted molar refractivity (Wildman–Crippen MR) is 61.3 cm³/mol. The van der Waals surface area contributed by atoms with Crippen LogP contribution >= 0.6 is 0 Å². The lowest BCUT2D eigenvalue weighted by Gasteiger charge is -2.07. The molecule has 0 aromatic carbocycles. The van der Waals surface area contributed by atoms with E-state index in [0.29, 0.717) is 11.6 Å². The molecule has 0 aliphatic heterocycles. The van der Waals surface area contributed by atoms with Crippen LogP contribution in [0.3, 0.4) is 0 Å². The Morgan fingerprint density at radius 3 is 2.47 bits per heavy atom. The first-order chi connectivity index (χ1) is 6.97. The zero-order valence-electron chi connectivity index (χ0n) is 9.79. The Labute approximate surface area is 91.5 Å². The van der Waals surface area contributed by atoms with Crippen molar-refractivity contribution in [2.45, 2.75) is 33.7 Å². The molecule has 0 aromatic heterocycles. The number of Topliss-reactive ketones (excluding diaryl/α,β-unsaturated/α-hetero) is 1. The first-order valence-corrected chi connectivity index (χ1v) is 4.99. The van der Waals surface area contributed by atoms with Gasteiger partial charge in [-0.25, -0.2) is 0 Å². The first-order valence-electron chi connectivity index (χ1n) is 4.99. The Bertz CT molecular complexity index is 319. The average molecular weight is 206 g/mol. The fourth-order valence-corrected chi connectivity index (χ4v) is 0.855. The summed E-state index contributed by atoms with van der Waals surface area (Å²) in [5, 5.41) is 11.6. The average Bonchev–Trinajstić information content (AvgIpc) is 2.21. The van der Waals surface area contributed by atoms with Crippen LogP contribution in [0.5, 0.6) is 0 Å². The van der Waals surface area contributed by atoms with E-state index in [-0.39, 0.29) is 0 Å². The molecule has 1 N–H and O–H groups in total. The molecule has 0 atom stereocenters. The van der Waals surface area contributed by atoms with Gasteiger partial charge in [-0.1, -0.05) is 31.6 Å². The zero-order valence-corrected chi connectivity index (χ0v) is 9.79.